The minimum Gasteiger partial charge on any atom is -0.472 e. The van der Waals surface area contributed by atoms with Gasteiger partial charge in [0.15, 0.2) is 0 Å². The molecule has 0 fully saturated rings. The highest BCUT2D eigenvalue weighted by Crippen LogP contribution is 2.19. The Kier molecular flexibility index (Phi) is 4.04. The number of hydrogen-bond acceptors (Lipinski definition) is 4. The van der Waals surface area contributed by atoms with Gasteiger partial charge in [0.25, 0.3) is 0 Å². The van der Waals surface area contributed by atoms with E-state index in [1.165, 1.54) is 18.6 Å². The van der Waals surface area contributed by atoms with Crippen LogP contribution in [0.25, 0.3) is 0 Å². The molecule has 1 heterocycles. The van der Waals surface area contributed by atoms with Crippen molar-refractivity contribution in [1.82, 2.24) is 4.72 Å². The van der Waals surface area contributed by atoms with Crippen LogP contribution in [0.2, 0.25) is 0 Å². The van der Waals surface area contributed by atoms with Crippen molar-refractivity contribution in [2.75, 3.05) is 0 Å². The number of benzene rings is 1. The molecule has 0 saturated heterocycles. The van der Waals surface area contributed by atoms with E-state index in [0.717, 1.165) is 5.56 Å². The van der Waals surface area contributed by atoms with Crippen LogP contribution < -0.4 is 4.72 Å². The molecule has 6 heteroatoms. The summed E-state index contributed by atoms with van der Waals surface area (Å²) in [5.41, 5.74) is 1.91. The van der Waals surface area contributed by atoms with Crippen LogP contribution >= 0.6 is 0 Å². The molecular weight excluding hydrogens is 266 g/mol. The molecule has 19 heavy (non-hydrogen) atoms. The fourth-order valence-corrected chi connectivity index (χ4v) is 3.08. The van der Waals surface area contributed by atoms with Gasteiger partial charge in [-0.05, 0) is 30.2 Å². The number of nitrogens with one attached hydrogen (secondary N) is 1. The van der Waals surface area contributed by atoms with Gasteiger partial charge in [0.05, 0.1) is 24.0 Å². The van der Waals surface area contributed by atoms with Gasteiger partial charge in [-0.1, -0.05) is 12.1 Å². The molecule has 0 aliphatic heterocycles. The van der Waals surface area contributed by atoms with E-state index in [-0.39, 0.29) is 18.0 Å². The van der Waals surface area contributed by atoms with E-state index in [1.54, 1.807) is 25.1 Å². The van der Waals surface area contributed by atoms with E-state index in [1.807, 2.05) is 0 Å². The van der Waals surface area contributed by atoms with Gasteiger partial charge >= 0.3 is 0 Å². The van der Waals surface area contributed by atoms with Crippen LogP contribution in [0, 0.1) is 6.92 Å². The second-order valence-corrected chi connectivity index (χ2v) is 5.89. The summed E-state index contributed by atoms with van der Waals surface area (Å²) >= 11 is 0. The first kappa shape index (κ1) is 13.8. The minimum atomic E-state index is -3.60. The molecule has 0 bridgehead atoms. The summed E-state index contributed by atoms with van der Waals surface area (Å²) in [6.45, 7) is 1.66. The molecule has 2 aromatic rings. The van der Waals surface area contributed by atoms with Gasteiger partial charge in [-0.2, -0.15) is 0 Å². The molecule has 102 valence electrons. The largest absolute Gasteiger partial charge is 0.472 e. The van der Waals surface area contributed by atoms with E-state index < -0.39 is 10.0 Å². The molecule has 0 aliphatic rings. The molecule has 0 amide bonds. The van der Waals surface area contributed by atoms with Crippen LogP contribution in [0.5, 0.6) is 0 Å². The lowest BCUT2D eigenvalue weighted by Crippen LogP contribution is -2.24. The van der Waals surface area contributed by atoms with Crippen molar-refractivity contribution < 1.29 is 17.9 Å². The fourth-order valence-electron chi connectivity index (χ4n) is 1.77. The van der Waals surface area contributed by atoms with Gasteiger partial charge in [-0.25, -0.2) is 13.1 Å². The number of aliphatic hydroxyl groups excluding tert-OH is 1. The molecule has 0 unspecified atom stereocenters. The molecular formula is C13H15NO4S. The smallest absolute Gasteiger partial charge is 0.241 e. The number of hydrogen-bond donors (Lipinski definition) is 2. The lowest BCUT2D eigenvalue weighted by molar-refractivity contribution is 0.280. The third-order valence-electron chi connectivity index (χ3n) is 2.90. The first-order valence-corrected chi connectivity index (χ1v) is 7.23. The van der Waals surface area contributed by atoms with E-state index in [0.29, 0.717) is 11.1 Å². The molecule has 0 saturated carbocycles. The normalized spacial score (nSPS) is 11.7. The van der Waals surface area contributed by atoms with E-state index in [9.17, 15) is 8.42 Å². The summed E-state index contributed by atoms with van der Waals surface area (Å²) in [6, 6.07) is 6.53. The molecule has 0 radical (unpaired) electrons. The van der Waals surface area contributed by atoms with Gasteiger partial charge < -0.3 is 9.52 Å². The van der Waals surface area contributed by atoms with Crippen LogP contribution in [0.3, 0.4) is 0 Å². The second-order valence-electron chi connectivity index (χ2n) is 4.15. The average Bonchev–Trinajstić information content (AvgIpc) is 2.90. The Labute approximate surface area is 111 Å². The van der Waals surface area contributed by atoms with Crippen molar-refractivity contribution in [3.8, 4) is 0 Å². The molecule has 2 rings (SSSR count). The van der Waals surface area contributed by atoms with Gasteiger partial charge in [0.2, 0.25) is 10.0 Å². The quantitative estimate of drug-likeness (QED) is 0.871. The van der Waals surface area contributed by atoms with Crippen LogP contribution in [0.15, 0.2) is 46.1 Å². The molecule has 5 nitrogen and oxygen atoms in total. The summed E-state index contributed by atoms with van der Waals surface area (Å²) in [7, 11) is -3.60. The second kappa shape index (κ2) is 5.56. The van der Waals surface area contributed by atoms with Crippen molar-refractivity contribution in [3.05, 3.63) is 53.5 Å². The van der Waals surface area contributed by atoms with E-state index in [4.69, 9.17) is 9.52 Å². The Morgan fingerprint density at radius 2 is 2.11 bits per heavy atom. The standard InChI is InChI=1S/C13H15NO4S/c1-10-12(8-15)3-2-4-13(10)19(16,17)14-7-11-5-6-18-9-11/h2-6,9,14-15H,7-8H2,1H3. The fraction of sp³-hybridized carbons (Fsp3) is 0.231. The maximum Gasteiger partial charge on any atom is 0.241 e. The molecule has 1 aromatic heterocycles. The zero-order chi connectivity index (χ0) is 13.9. The summed E-state index contributed by atoms with van der Waals surface area (Å²) in [5, 5.41) is 9.16. The van der Waals surface area contributed by atoms with E-state index in [2.05, 4.69) is 4.72 Å². The maximum absolute atomic E-state index is 12.2. The molecule has 0 spiro atoms. The van der Waals surface area contributed by atoms with Crippen LogP contribution in [0.4, 0.5) is 0 Å². The Hall–Kier alpha value is -1.63. The summed E-state index contributed by atoms with van der Waals surface area (Å²) in [6.07, 6.45) is 2.97. The number of rotatable bonds is 5. The van der Waals surface area contributed by atoms with E-state index >= 15 is 0 Å². The molecule has 0 atom stereocenters. The molecule has 1 aromatic carbocycles. The Morgan fingerprint density at radius 3 is 2.74 bits per heavy atom. The SMILES string of the molecule is Cc1c(CO)cccc1S(=O)(=O)NCc1ccoc1. The zero-order valence-electron chi connectivity index (χ0n) is 10.5. The topological polar surface area (TPSA) is 79.5 Å². The third kappa shape index (κ3) is 3.04. The van der Waals surface area contributed by atoms with Gasteiger partial charge in [0, 0.05) is 12.1 Å². The monoisotopic (exact) mass is 281 g/mol. The van der Waals surface area contributed by atoms with Crippen molar-refractivity contribution in [3.63, 3.8) is 0 Å². The summed E-state index contributed by atoms with van der Waals surface area (Å²) in [5.74, 6) is 0. The number of furan rings is 1. The average molecular weight is 281 g/mol. The Morgan fingerprint density at radius 1 is 1.32 bits per heavy atom. The van der Waals surface area contributed by atoms with Crippen LogP contribution in [-0.4, -0.2) is 13.5 Å². The van der Waals surface area contributed by atoms with Crippen molar-refractivity contribution in [2.45, 2.75) is 25.0 Å². The van der Waals surface area contributed by atoms with Crippen molar-refractivity contribution in [2.24, 2.45) is 0 Å². The lowest BCUT2D eigenvalue weighted by Gasteiger charge is -2.11. The van der Waals surface area contributed by atoms with Gasteiger partial charge in [0.1, 0.15) is 0 Å². The first-order chi connectivity index (χ1) is 9.04. The Balaban J connectivity index is 2.24. The van der Waals surface area contributed by atoms with Gasteiger partial charge in [-0.15, -0.1) is 0 Å². The number of aliphatic hydroxyl groups is 1. The minimum absolute atomic E-state index is 0.168. The zero-order valence-corrected chi connectivity index (χ0v) is 11.3. The summed E-state index contributed by atoms with van der Waals surface area (Å²) in [4.78, 5) is 0.183. The summed E-state index contributed by atoms with van der Waals surface area (Å²) < 4.78 is 31.8. The van der Waals surface area contributed by atoms with Crippen LogP contribution in [-0.2, 0) is 23.2 Å². The Bertz CT molecular complexity index is 647. The highest BCUT2D eigenvalue weighted by atomic mass is 32.2. The van der Waals surface area contributed by atoms with Crippen molar-refractivity contribution >= 4 is 10.0 Å². The highest BCUT2D eigenvalue weighted by molar-refractivity contribution is 7.89. The molecule has 0 aliphatic carbocycles. The first-order valence-electron chi connectivity index (χ1n) is 5.74. The van der Waals surface area contributed by atoms with Crippen molar-refractivity contribution in [1.29, 1.82) is 0 Å². The molecule has 2 N–H and O–H groups in total. The predicted octanol–water partition coefficient (Wildman–Crippen LogP) is 1.56. The highest BCUT2D eigenvalue weighted by Gasteiger charge is 2.17. The predicted molar refractivity (Wildman–Crippen MR) is 69.8 cm³/mol. The third-order valence-corrected chi connectivity index (χ3v) is 4.45. The van der Waals surface area contributed by atoms with Gasteiger partial charge in [-0.3, -0.25) is 0 Å². The maximum atomic E-state index is 12.2. The lowest BCUT2D eigenvalue weighted by atomic mass is 10.1. The number of sulfonamides is 1. The van der Waals surface area contributed by atoms with Crippen LogP contribution in [0.1, 0.15) is 16.7 Å².